The Kier molecular flexibility index (Phi) is 3.88. The highest BCUT2D eigenvalue weighted by Gasteiger charge is 2.29. The molecule has 9 heteroatoms. The summed E-state index contributed by atoms with van der Waals surface area (Å²) in [4.78, 5) is 12.0. The lowest BCUT2D eigenvalue weighted by Crippen LogP contribution is -2.44. The molecule has 2 heterocycles. The minimum Gasteiger partial charge on any atom is -0.323 e. The zero-order chi connectivity index (χ0) is 14.0. The van der Waals surface area contributed by atoms with Gasteiger partial charge in [0.15, 0.2) is 0 Å². The fourth-order valence-electron chi connectivity index (χ4n) is 2.10. The molecule has 0 unspecified atom stereocenters. The standard InChI is InChI=1S/C10H17N5O3S/c1-14-7-9(6-12-14)13-10(16)8-2-4-15(5-3-8)19(11,17)18/h6-8H,2-5H2,1H3,(H,13,16)(H2,11,17,18). The largest absolute Gasteiger partial charge is 0.323 e. The van der Waals surface area contributed by atoms with Crippen LogP contribution in [-0.2, 0) is 22.1 Å². The first-order valence-electron chi connectivity index (χ1n) is 5.93. The van der Waals surface area contributed by atoms with E-state index in [1.807, 2.05) is 0 Å². The molecule has 1 aliphatic rings. The molecule has 19 heavy (non-hydrogen) atoms. The van der Waals surface area contributed by atoms with Crippen LogP contribution in [-0.4, -0.2) is 41.5 Å². The molecular formula is C10H17N5O3S. The minimum absolute atomic E-state index is 0.109. The van der Waals surface area contributed by atoms with Crippen LogP contribution in [0.25, 0.3) is 0 Å². The third-order valence-electron chi connectivity index (χ3n) is 3.16. The number of amides is 1. The summed E-state index contributed by atoms with van der Waals surface area (Å²) in [6.07, 6.45) is 4.22. The van der Waals surface area contributed by atoms with E-state index in [0.717, 1.165) is 0 Å². The number of anilines is 1. The maximum atomic E-state index is 12.0. The van der Waals surface area contributed by atoms with Crippen molar-refractivity contribution in [3.8, 4) is 0 Å². The van der Waals surface area contributed by atoms with Gasteiger partial charge in [0.05, 0.1) is 11.9 Å². The molecule has 1 aromatic rings. The molecule has 1 fully saturated rings. The molecule has 0 aromatic carbocycles. The summed E-state index contributed by atoms with van der Waals surface area (Å²) >= 11 is 0. The second-order valence-electron chi connectivity index (χ2n) is 4.61. The first-order chi connectivity index (χ1) is 8.86. The molecule has 0 radical (unpaired) electrons. The second kappa shape index (κ2) is 5.27. The summed E-state index contributed by atoms with van der Waals surface area (Å²) in [6, 6.07) is 0. The van der Waals surface area contributed by atoms with Crippen molar-refractivity contribution >= 4 is 21.8 Å². The summed E-state index contributed by atoms with van der Waals surface area (Å²) in [5.74, 6) is -0.305. The summed E-state index contributed by atoms with van der Waals surface area (Å²) in [5.41, 5.74) is 0.640. The van der Waals surface area contributed by atoms with Crippen molar-refractivity contribution < 1.29 is 13.2 Å². The van der Waals surface area contributed by atoms with E-state index in [1.165, 1.54) is 4.31 Å². The lowest BCUT2D eigenvalue weighted by atomic mass is 9.97. The number of carbonyl (C=O) groups is 1. The van der Waals surface area contributed by atoms with Crippen LogP contribution in [0.3, 0.4) is 0 Å². The van der Waals surface area contributed by atoms with Gasteiger partial charge in [0.1, 0.15) is 0 Å². The number of piperidine rings is 1. The molecular weight excluding hydrogens is 270 g/mol. The van der Waals surface area contributed by atoms with Crippen LogP contribution in [0.15, 0.2) is 12.4 Å². The van der Waals surface area contributed by atoms with Gasteiger partial charge in [-0.25, -0.2) is 5.14 Å². The van der Waals surface area contributed by atoms with Crippen LogP contribution < -0.4 is 10.5 Å². The van der Waals surface area contributed by atoms with Crippen LogP contribution in [0.4, 0.5) is 5.69 Å². The Hall–Kier alpha value is -1.45. The maximum Gasteiger partial charge on any atom is 0.276 e. The molecule has 0 atom stereocenters. The lowest BCUT2D eigenvalue weighted by Gasteiger charge is -2.28. The van der Waals surface area contributed by atoms with Crippen LogP contribution in [0, 0.1) is 5.92 Å². The van der Waals surface area contributed by atoms with Gasteiger partial charge < -0.3 is 5.32 Å². The molecule has 3 N–H and O–H groups in total. The van der Waals surface area contributed by atoms with E-state index in [-0.39, 0.29) is 24.9 Å². The summed E-state index contributed by atoms with van der Waals surface area (Å²) in [7, 11) is -1.88. The van der Waals surface area contributed by atoms with E-state index in [1.54, 1.807) is 24.1 Å². The number of nitrogens with two attached hydrogens (primary N) is 1. The number of rotatable bonds is 3. The third-order valence-corrected chi connectivity index (χ3v) is 4.24. The Labute approximate surface area is 111 Å². The van der Waals surface area contributed by atoms with Gasteiger partial charge in [-0.05, 0) is 12.8 Å². The van der Waals surface area contributed by atoms with E-state index in [2.05, 4.69) is 10.4 Å². The van der Waals surface area contributed by atoms with Crippen LogP contribution in [0.5, 0.6) is 0 Å². The molecule has 0 spiro atoms. The topological polar surface area (TPSA) is 110 Å². The molecule has 0 aliphatic carbocycles. The average Bonchev–Trinajstić information content (AvgIpc) is 2.74. The molecule has 0 saturated carbocycles. The summed E-state index contributed by atoms with van der Waals surface area (Å²) < 4.78 is 25.1. The first-order valence-corrected chi connectivity index (χ1v) is 7.44. The summed E-state index contributed by atoms with van der Waals surface area (Å²) in [6.45, 7) is 0.563. The summed E-state index contributed by atoms with van der Waals surface area (Å²) in [5, 5.41) is 11.8. The highest BCUT2D eigenvalue weighted by atomic mass is 32.2. The van der Waals surface area contributed by atoms with Gasteiger partial charge in [-0.2, -0.15) is 17.8 Å². The van der Waals surface area contributed by atoms with Crippen molar-refractivity contribution in [3.63, 3.8) is 0 Å². The molecule has 1 aromatic heterocycles. The number of aromatic nitrogens is 2. The minimum atomic E-state index is -3.64. The predicted octanol–water partition coefficient (Wildman–Crippen LogP) is -0.726. The Morgan fingerprint density at radius 1 is 1.47 bits per heavy atom. The fourth-order valence-corrected chi connectivity index (χ4v) is 2.82. The highest BCUT2D eigenvalue weighted by Crippen LogP contribution is 2.20. The van der Waals surface area contributed by atoms with Crippen LogP contribution in [0.2, 0.25) is 0 Å². The molecule has 2 rings (SSSR count). The Morgan fingerprint density at radius 3 is 2.58 bits per heavy atom. The van der Waals surface area contributed by atoms with Crippen molar-refractivity contribution in [1.82, 2.24) is 14.1 Å². The van der Waals surface area contributed by atoms with Crippen LogP contribution >= 0.6 is 0 Å². The average molecular weight is 287 g/mol. The van der Waals surface area contributed by atoms with Crippen LogP contribution in [0.1, 0.15) is 12.8 Å². The Bertz CT molecular complexity index is 559. The van der Waals surface area contributed by atoms with Gasteiger partial charge in [-0.3, -0.25) is 9.48 Å². The second-order valence-corrected chi connectivity index (χ2v) is 6.16. The fraction of sp³-hybridized carbons (Fsp3) is 0.600. The Balaban J connectivity index is 1.89. The SMILES string of the molecule is Cn1cc(NC(=O)C2CCN(S(N)(=O)=O)CC2)cn1. The van der Waals surface area contributed by atoms with Gasteiger partial charge >= 0.3 is 0 Å². The number of aryl methyl sites for hydroxylation is 1. The smallest absolute Gasteiger partial charge is 0.276 e. The van der Waals surface area contributed by atoms with Crippen molar-refractivity contribution in [2.24, 2.45) is 18.1 Å². The zero-order valence-electron chi connectivity index (χ0n) is 10.6. The van der Waals surface area contributed by atoms with Gasteiger partial charge in [0.2, 0.25) is 5.91 Å². The lowest BCUT2D eigenvalue weighted by molar-refractivity contribution is -0.120. The maximum absolute atomic E-state index is 12.0. The number of nitrogens with zero attached hydrogens (tertiary/aromatic N) is 3. The normalized spacial score (nSPS) is 18.4. The van der Waals surface area contributed by atoms with E-state index >= 15 is 0 Å². The van der Waals surface area contributed by atoms with Gasteiger partial charge in [-0.15, -0.1) is 0 Å². The Morgan fingerprint density at radius 2 is 2.11 bits per heavy atom. The van der Waals surface area contributed by atoms with Gasteiger partial charge in [-0.1, -0.05) is 0 Å². The number of hydrogen-bond acceptors (Lipinski definition) is 4. The number of carbonyl (C=O) groups excluding carboxylic acids is 1. The van der Waals surface area contributed by atoms with Crippen molar-refractivity contribution in [1.29, 1.82) is 0 Å². The van der Waals surface area contributed by atoms with E-state index < -0.39 is 10.2 Å². The van der Waals surface area contributed by atoms with E-state index in [0.29, 0.717) is 18.5 Å². The molecule has 1 amide bonds. The first kappa shape index (κ1) is 14.0. The van der Waals surface area contributed by atoms with E-state index in [9.17, 15) is 13.2 Å². The molecule has 8 nitrogen and oxygen atoms in total. The van der Waals surface area contributed by atoms with Gasteiger partial charge in [0, 0.05) is 32.3 Å². The molecule has 1 saturated heterocycles. The zero-order valence-corrected chi connectivity index (χ0v) is 11.4. The monoisotopic (exact) mass is 287 g/mol. The number of hydrogen-bond donors (Lipinski definition) is 2. The highest BCUT2D eigenvalue weighted by molar-refractivity contribution is 7.86. The van der Waals surface area contributed by atoms with Crippen molar-refractivity contribution in [2.75, 3.05) is 18.4 Å². The molecule has 1 aliphatic heterocycles. The van der Waals surface area contributed by atoms with Gasteiger partial charge in [0.25, 0.3) is 10.2 Å². The van der Waals surface area contributed by atoms with E-state index in [4.69, 9.17) is 5.14 Å². The quantitative estimate of drug-likeness (QED) is 0.763. The molecule has 106 valence electrons. The van der Waals surface area contributed by atoms with Crippen molar-refractivity contribution in [3.05, 3.63) is 12.4 Å². The number of nitrogens with one attached hydrogen (secondary N) is 1. The predicted molar refractivity (Wildman–Crippen MR) is 69.2 cm³/mol. The third kappa shape index (κ3) is 3.52. The van der Waals surface area contributed by atoms with Crippen molar-refractivity contribution in [2.45, 2.75) is 12.8 Å². The molecule has 0 bridgehead atoms.